The molecule has 2 N–H and O–H groups in total. The number of hydrogen-bond donors (Lipinski definition) is 2. The summed E-state index contributed by atoms with van der Waals surface area (Å²) in [6.45, 7) is 7.81. The molecule has 0 fully saturated rings. The number of alkyl carbamates (subject to hydrolysis) is 1. The number of nitrogens with zero attached hydrogens (tertiary/aromatic N) is 1. The summed E-state index contributed by atoms with van der Waals surface area (Å²) in [7, 11) is 1.18. The number of rotatable bonds is 8. The topological polar surface area (TPSA) is 114 Å². The lowest BCUT2D eigenvalue weighted by molar-refractivity contribution is -0.142. The lowest BCUT2D eigenvalue weighted by atomic mass is 10.0. The van der Waals surface area contributed by atoms with E-state index < -0.39 is 48.6 Å². The van der Waals surface area contributed by atoms with E-state index in [1.54, 1.807) is 51.1 Å². The first-order chi connectivity index (χ1) is 14.5. The Hall–Kier alpha value is -3.80. The molecule has 1 rings (SSSR count). The van der Waals surface area contributed by atoms with Crippen LogP contribution < -0.4 is 10.6 Å². The van der Waals surface area contributed by atoms with E-state index in [0.29, 0.717) is 11.1 Å². The average Bonchev–Trinajstić information content (AvgIpc) is 2.72. The molecule has 0 aromatic heterocycles. The predicted octanol–water partition coefficient (Wildman–Crippen LogP) is 1.60. The van der Waals surface area contributed by atoms with E-state index >= 15 is 0 Å². The van der Waals surface area contributed by atoms with Gasteiger partial charge in [-0.05, 0) is 38.0 Å². The van der Waals surface area contributed by atoms with Crippen LogP contribution in [-0.4, -0.2) is 54.6 Å². The lowest BCUT2D eigenvalue weighted by Gasteiger charge is -2.27. The maximum atomic E-state index is 12.8. The molecule has 0 saturated carbocycles. The highest BCUT2D eigenvalue weighted by Crippen LogP contribution is 2.22. The van der Waals surface area contributed by atoms with Gasteiger partial charge in [-0.1, -0.05) is 37.3 Å². The van der Waals surface area contributed by atoms with Crippen molar-refractivity contribution in [2.75, 3.05) is 20.2 Å². The van der Waals surface area contributed by atoms with Gasteiger partial charge in [-0.25, -0.2) is 4.79 Å². The summed E-state index contributed by atoms with van der Waals surface area (Å²) in [6.07, 6.45) is 6.29. The zero-order valence-electron chi connectivity index (χ0n) is 18.1. The number of hydrogen-bond acceptors (Lipinski definition) is 6. The molecule has 3 amide bonds. The first-order valence-electron chi connectivity index (χ1n) is 9.34. The number of carbonyl (C=O) groups excluding carboxylic acids is 4. The number of methoxy groups -OCH3 is 1. The summed E-state index contributed by atoms with van der Waals surface area (Å²) in [4.78, 5) is 49.7. The number of ether oxygens (including phenoxy) is 2. The Labute approximate surface area is 181 Å². The van der Waals surface area contributed by atoms with Gasteiger partial charge in [0.2, 0.25) is 5.91 Å². The second-order valence-corrected chi connectivity index (χ2v) is 7.32. The monoisotopic (exact) mass is 429 g/mol. The van der Waals surface area contributed by atoms with Gasteiger partial charge in [0.15, 0.2) is 0 Å². The molecule has 0 spiro atoms. The summed E-state index contributed by atoms with van der Waals surface area (Å²) in [5, 5.41) is 4.71. The van der Waals surface area contributed by atoms with Crippen LogP contribution in [0.4, 0.5) is 4.79 Å². The van der Waals surface area contributed by atoms with Gasteiger partial charge < -0.3 is 20.1 Å². The summed E-state index contributed by atoms with van der Waals surface area (Å²) in [5.41, 5.74) is 0.336. The molecule has 1 aromatic carbocycles. The van der Waals surface area contributed by atoms with Gasteiger partial charge in [0.25, 0.3) is 5.91 Å². The van der Waals surface area contributed by atoms with Crippen molar-refractivity contribution in [2.45, 2.75) is 32.4 Å². The summed E-state index contributed by atoms with van der Waals surface area (Å²) >= 11 is 0. The molecule has 1 atom stereocenters. The van der Waals surface area contributed by atoms with Crippen LogP contribution in [0.15, 0.2) is 30.8 Å². The summed E-state index contributed by atoms with van der Waals surface area (Å²) in [5.74, 6) is -2.09. The molecular formula is C22H27N3O6. The minimum absolute atomic E-state index is 0.392. The maximum Gasteiger partial charge on any atom is 0.408 e. The zero-order valence-corrected chi connectivity index (χ0v) is 18.1. The van der Waals surface area contributed by atoms with Crippen molar-refractivity contribution >= 4 is 30.0 Å². The van der Waals surface area contributed by atoms with Crippen LogP contribution in [0.25, 0.3) is 6.08 Å². The van der Waals surface area contributed by atoms with E-state index in [1.807, 2.05) is 0 Å². The van der Waals surface area contributed by atoms with Gasteiger partial charge in [-0.3, -0.25) is 19.3 Å². The second-order valence-electron chi connectivity index (χ2n) is 7.32. The number of terminal acetylenes is 1. The highest BCUT2D eigenvalue weighted by Gasteiger charge is 2.31. The van der Waals surface area contributed by atoms with Crippen LogP contribution >= 0.6 is 0 Å². The summed E-state index contributed by atoms with van der Waals surface area (Å²) in [6, 6.07) is 7.59. The molecule has 9 nitrogen and oxygen atoms in total. The fraction of sp³-hybridized carbons (Fsp3) is 0.364. The molecule has 0 aliphatic heterocycles. The number of esters is 1. The van der Waals surface area contributed by atoms with Crippen LogP contribution in [0.5, 0.6) is 0 Å². The van der Waals surface area contributed by atoms with E-state index in [9.17, 15) is 19.2 Å². The number of amides is 3. The Morgan fingerprint density at radius 1 is 1.23 bits per heavy atom. The minimum atomic E-state index is -1.26. The number of carbonyl (C=O) groups is 4. The van der Waals surface area contributed by atoms with E-state index in [2.05, 4.69) is 28.0 Å². The van der Waals surface area contributed by atoms with Crippen LogP contribution in [-0.2, 0) is 23.9 Å². The van der Waals surface area contributed by atoms with Crippen molar-refractivity contribution in [3.63, 3.8) is 0 Å². The van der Waals surface area contributed by atoms with Crippen molar-refractivity contribution < 1.29 is 28.7 Å². The molecule has 1 unspecified atom stereocenters. The van der Waals surface area contributed by atoms with Crippen molar-refractivity contribution in [1.29, 1.82) is 0 Å². The van der Waals surface area contributed by atoms with E-state index in [4.69, 9.17) is 11.2 Å². The Bertz CT molecular complexity index is 882. The standard InChI is InChI=1S/C22H27N3O6/c1-7-15-10-9-11-16(12-15)19(20(28)23-14-18(27)30-6)25(8-2)17(26)13-24-21(29)31-22(3,4)5/h2,7,9-12,19H,1,13-14H2,3-6H3,(H,23,28)(H,24,29). The first-order valence-corrected chi connectivity index (χ1v) is 9.34. The molecule has 0 bridgehead atoms. The Balaban J connectivity index is 3.12. The van der Waals surface area contributed by atoms with E-state index in [0.717, 1.165) is 4.90 Å². The molecule has 9 heteroatoms. The van der Waals surface area contributed by atoms with Crippen molar-refractivity contribution in [3.8, 4) is 12.5 Å². The Morgan fingerprint density at radius 2 is 1.90 bits per heavy atom. The predicted molar refractivity (Wildman–Crippen MR) is 114 cm³/mol. The van der Waals surface area contributed by atoms with Crippen LogP contribution in [0.1, 0.15) is 37.9 Å². The molecule has 0 heterocycles. The van der Waals surface area contributed by atoms with Gasteiger partial charge in [-0.15, -0.1) is 0 Å². The van der Waals surface area contributed by atoms with Crippen molar-refractivity contribution in [3.05, 3.63) is 42.0 Å². The maximum absolute atomic E-state index is 12.8. The average molecular weight is 429 g/mol. The zero-order chi connectivity index (χ0) is 23.6. The fourth-order valence-corrected chi connectivity index (χ4v) is 2.44. The second kappa shape index (κ2) is 11.4. The van der Waals surface area contributed by atoms with Gasteiger partial charge in [-0.2, -0.15) is 0 Å². The molecule has 0 saturated heterocycles. The third kappa shape index (κ3) is 8.22. The largest absolute Gasteiger partial charge is 0.468 e. The van der Waals surface area contributed by atoms with Crippen molar-refractivity contribution in [1.82, 2.24) is 15.5 Å². The minimum Gasteiger partial charge on any atom is -0.468 e. The van der Waals surface area contributed by atoms with Crippen LogP contribution in [0, 0.1) is 12.5 Å². The lowest BCUT2D eigenvalue weighted by Crippen LogP contribution is -2.46. The molecule has 0 aliphatic carbocycles. The molecule has 31 heavy (non-hydrogen) atoms. The normalized spacial score (nSPS) is 11.3. The van der Waals surface area contributed by atoms with Crippen LogP contribution in [0.3, 0.4) is 0 Å². The molecule has 166 valence electrons. The molecule has 0 radical (unpaired) electrons. The fourth-order valence-electron chi connectivity index (χ4n) is 2.44. The van der Waals surface area contributed by atoms with Gasteiger partial charge in [0, 0.05) is 6.04 Å². The molecular weight excluding hydrogens is 402 g/mol. The van der Waals surface area contributed by atoms with Gasteiger partial charge in [0.1, 0.15) is 24.7 Å². The highest BCUT2D eigenvalue weighted by atomic mass is 16.6. The number of benzene rings is 1. The molecule has 1 aromatic rings. The smallest absolute Gasteiger partial charge is 0.408 e. The highest BCUT2D eigenvalue weighted by molar-refractivity contribution is 5.92. The third-order valence-corrected chi connectivity index (χ3v) is 3.79. The molecule has 0 aliphatic rings. The van der Waals surface area contributed by atoms with Gasteiger partial charge in [0.05, 0.1) is 7.11 Å². The van der Waals surface area contributed by atoms with E-state index in [-0.39, 0.29) is 0 Å². The summed E-state index contributed by atoms with van der Waals surface area (Å²) < 4.78 is 9.60. The third-order valence-electron chi connectivity index (χ3n) is 3.79. The van der Waals surface area contributed by atoms with Gasteiger partial charge >= 0.3 is 12.1 Å². The SMILES string of the molecule is C#CN(C(=O)CNC(=O)OC(C)(C)C)C(C(=O)NCC(=O)OC)c1cccc(C=C)c1. The first kappa shape index (κ1) is 25.2. The van der Waals surface area contributed by atoms with E-state index in [1.165, 1.54) is 7.11 Å². The quantitative estimate of drug-likeness (QED) is 0.369. The number of nitrogens with one attached hydrogen (secondary N) is 2. The Morgan fingerprint density at radius 3 is 2.45 bits per heavy atom. The van der Waals surface area contributed by atoms with Crippen molar-refractivity contribution in [2.24, 2.45) is 0 Å². The van der Waals surface area contributed by atoms with Crippen LogP contribution in [0.2, 0.25) is 0 Å². The Kier molecular flexibility index (Phi) is 9.28.